The zero-order valence-corrected chi connectivity index (χ0v) is 10.3. The molecule has 5 heteroatoms. The Morgan fingerprint density at radius 1 is 1.38 bits per heavy atom. The highest BCUT2D eigenvalue weighted by Crippen LogP contribution is 2.21. The lowest BCUT2D eigenvalue weighted by Gasteiger charge is -2.17. The van der Waals surface area contributed by atoms with Crippen LogP contribution in [0.4, 0.5) is 0 Å². The minimum atomic E-state index is -0.140. The van der Waals surface area contributed by atoms with Crippen molar-refractivity contribution < 1.29 is 0 Å². The smallest absolute Gasteiger partial charge is 0.251 e. The van der Waals surface area contributed by atoms with Crippen molar-refractivity contribution in [3.8, 4) is 11.5 Å². The third-order valence-electron chi connectivity index (χ3n) is 2.19. The van der Waals surface area contributed by atoms with Gasteiger partial charge in [-0.2, -0.15) is 0 Å². The van der Waals surface area contributed by atoms with E-state index >= 15 is 0 Å². The van der Waals surface area contributed by atoms with E-state index in [-0.39, 0.29) is 11.0 Å². The van der Waals surface area contributed by atoms with Crippen LogP contribution < -0.4 is 5.56 Å². The van der Waals surface area contributed by atoms with Crippen LogP contribution in [0.5, 0.6) is 0 Å². The molecule has 2 aromatic heterocycles. The van der Waals surface area contributed by atoms with Crippen molar-refractivity contribution in [3.05, 3.63) is 33.0 Å². The van der Waals surface area contributed by atoms with E-state index in [0.29, 0.717) is 11.5 Å². The fourth-order valence-corrected chi connectivity index (χ4v) is 1.83. The summed E-state index contributed by atoms with van der Waals surface area (Å²) in [6.45, 7) is 6.08. The van der Waals surface area contributed by atoms with Crippen molar-refractivity contribution in [1.29, 1.82) is 0 Å². The number of hydrogen-bond donors (Lipinski definition) is 1. The van der Waals surface area contributed by atoms with Crippen molar-refractivity contribution in [1.82, 2.24) is 15.0 Å². The van der Waals surface area contributed by atoms with Gasteiger partial charge in [0.25, 0.3) is 5.56 Å². The molecular formula is C11H13N3OS. The summed E-state index contributed by atoms with van der Waals surface area (Å²) >= 11 is 1.48. The third-order valence-corrected chi connectivity index (χ3v) is 2.77. The summed E-state index contributed by atoms with van der Waals surface area (Å²) < 4.78 is 0. The molecule has 2 heterocycles. The highest BCUT2D eigenvalue weighted by atomic mass is 32.1. The summed E-state index contributed by atoms with van der Waals surface area (Å²) in [6, 6.07) is 1.54. The summed E-state index contributed by atoms with van der Waals surface area (Å²) in [5.41, 5.74) is 2.94. The third kappa shape index (κ3) is 2.19. The normalized spacial score (nSPS) is 11.7. The zero-order valence-electron chi connectivity index (χ0n) is 9.44. The number of hydrogen-bond acceptors (Lipinski definition) is 4. The van der Waals surface area contributed by atoms with Gasteiger partial charge < -0.3 is 4.98 Å². The van der Waals surface area contributed by atoms with E-state index in [4.69, 9.17) is 0 Å². The molecule has 0 aliphatic carbocycles. The van der Waals surface area contributed by atoms with Gasteiger partial charge in [-0.15, -0.1) is 11.3 Å². The second-order valence-corrected chi connectivity index (χ2v) is 5.32. The van der Waals surface area contributed by atoms with Crippen LogP contribution in [-0.4, -0.2) is 15.0 Å². The summed E-state index contributed by atoms with van der Waals surface area (Å²) in [5, 5.41) is 1.87. The SMILES string of the molecule is CC(C)(C)c1cc(=O)[nH]c(-c2cscn2)n1. The molecule has 2 rings (SSSR count). The molecule has 4 nitrogen and oxygen atoms in total. The first-order valence-electron chi connectivity index (χ1n) is 4.97. The number of nitrogens with one attached hydrogen (secondary N) is 1. The molecule has 0 unspecified atom stereocenters. The number of thiazole rings is 1. The molecule has 0 bridgehead atoms. The first-order valence-corrected chi connectivity index (χ1v) is 5.91. The van der Waals surface area contributed by atoms with Gasteiger partial charge in [-0.05, 0) is 0 Å². The van der Waals surface area contributed by atoms with Crippen LogP contribution in [-0.2, 0) is 5.41 Å². The number of aromatic nitrogens is 3. The Bertz CT molecular complexity index is 537. The Hall–Kier alpha value is -1.49. The fraction of sp³-hybridized carbons (Fsp3) is 0.364. The van der Waals surface area contributed by atoms with Gasteiger partial charge in [0, 0.05) is 16.9 Å². The van der Waals surface area contributed by atoms with Gasteiger partial charge in [0.15, 0.2) is 5.82 Å². The van der Waals surface area contributed by atoms with Gasteiger partial charge in [-0.3, -0.25) is 4.79 Å². The van der Waals surface area contributed by atoms with Crippen LogP contribution in [0.25, 0.3) is 11.5 Å². The maximum absolute atomic E-state index is 11.5. The lowest BCUT2D eigenvalue weighted by Crippen LogP contribution is -2.19. The van der Waals surface area contributed by atoms with Gasteiger partial charge in [0.1, 0.15) is 5.69 Å². The second-order valence-electron chi connectivity index (χ2n) is 4.60. The number of H-pyrrole nitrogens is 1. The van der Waals surface area contributed by atoms with E-state index in [9.17, 15) is 4.79 Å². The summed E-state index contributed by atoms with van der Waals surface area (Å²) in [7, 11) is 0. The summed E-state index contributed by atoms with van der Waals surface area (Å²) in [4.78, 5) is 22.8. The van der Waals surface area contributed by atoms with E-state index in [1.165, 1.54) is 17.4 Å². The van der Waals surface area contributed by atoms with E-state index in [0.717, 1.165) is 5.69 Å². The fourth-order valence-electron chi connectivity index (χ4n) is 1.29. The van der Waals surface area contributed by atoms with Crippen molar-refractivity contribution in [2.24, 2.45) is 0 Å². The van der Waals surface area contributed by atoms with Crippen molar-refractivity contribution >= 4 is 11.3 Å². The maximum Gasteiger partial charge on any atom is 0.251 e. The minimum absolute atomic E-state index is 0.136. The lowest BCUT2D eigenvalue weighted by atomic mass is 9.92. The van der Waals surface area contributed by atoms with Crippen molar-refractivity contribution in [3.63, 3.8) is 0 Å². The second kappa shape index (κ2) is 3.83. The number of rotatable bonds is 1. The molecule has 0 spiro atoms. The largest absolute Gasteiger partial charge is 0.305 e. The molecule has 0 aliphatic heterocycles. The highest BCUT2D eigenvalue weighted by Gasteiger charge is 2.17. The molecule has 0 aliphatic rings. The predicted molar refractivity (Wildman–Crippen MR) is 64.7 cm³/mol. The van der Waals surface area contributed by atoms with Crippen LogP contribution in [0.1, 0.15) is 26.5 Å². The first-order chi connectivity index (χ1) is 7.47. The average Bonchev–Trinajstić information content (AvgIpc) is 2.68. The van der Waals surface area contributed by atoms with Gasteiger partial charge in [-0.25, -0.2) is 9.97 Å². The zero-order chi connectivity index (χ0) is 11.8. The minimum Gasteiger partial charge on any atom is -0.305 e. The molecule has 0 saturated heterocycles. The van der Waals surface area contributed by atoms with Gasteiger partial charge in [0.05, 0.1) is 11.2 Å². The Balaban J connectivity index is 2.57. The first kappa shape index (κ1) is 11.0. The van der Waals surface area contributed by atoms with E-state index in [2.05, 4.69) is 15.0 Å². The molecule has 2 aromatic rings. The molecular weight excluding hydrogens is 222 g/mol. The monoisotopic (exact) mass is 235 g/mol. The molecule has 0 atom stereocenters. The Morgan fingerprint density at radius 3 is 2.69 bits per heavy atom. The van der Waals surface area contributed by atoms with E-state index < -0.39 is 0 Å². The van der Waals surface area contributed by atoms with Gasteiger partial charge in [0.2, 0.25) is 0 Å². The average molecular weight is 235 g/mol. The van der Waals surface area contributed by atoms with Crippen LogP contribution in [0.15, 0.2) is 21.8 Å². The molecule has 0 amide bonds. The predicted octanol–water partition coefficient (Wildman–Crippen LogP) is 2.19. The maximum atomic E-state index is 11.5. The van der Waals surface area contributed by atoms with Gasteiger partial charge >= 0.3 is 0 Å². The number of nitrogens with zero attached hydrogens (tertiary/aromatic N) is 2. The van der Waals surface area contributed by atoms with Gasteiger partial charge in [-0.1, -0.05) is 20.8 Å². The lowest BCUT2D eigenvalue weighted by molar-refractivity contribution is 0.566. The quantitative estimate of drug-likeness (QED) is 0.824. The molecule has 84 valence electrons. The van der Waals surface area contributed by atoms with Crippen LogP contribution >= 0.6 is 11.3 Å². The Kier molecular flexibility index (Phi) is 2.63. The van der Waals surface area contributed by atoms with Crippen LogP contribution in [0.3, 0.4) is 0 Å². The molecule has 16 heavy (non-hydrogen) atoms. The highest BCUT2D eigenvalue weighted by molar-refractivity contribution is 7.07. The van der Waals surface area contributed by atoms with E-state index in [1.54, 1.807) is 5.51 Å². The molecule has 0 saturated carbocycles. The molecule has 0 aromatic carbocycles. The molecule has 1 N–H and O–H groups in total. The van der Waals surface area contributed by atoms with Crippen molar-refractivity contribution in [2.45, 2.75) is 26.2 Å². The van der Waals surface area contributed by atoms with Crippen LogP contribution in [0, 0.1) is 0 Å². The topological polar surface area (TPSA) is 58.6 Å². The molecule has 0 radical (unpaired) electrons. The Morgan fingerprint density at radius 2 is 2.12 bits per heavy atom. The molecule has 0 fully saturated rings. The number of aromatic amines is 1. The summed E-state index contributed by atoms with van der Waals surface area (Å²) in [6.07, 6.45) is 0. The van der Waals surface area contributed by atoms with E-state index in [1.807, 2.05) is 26.2 Å². The van der Waals surface area contributed by atoms with Crippen molar-refractivity contribution in [2.75, 3.05) is 0 Å². The summed E-state index contributed by atoms with van der Waals surface area (Å²) in [5.74, 6) is 0.540. The Labute approximate surface area is 97.4 Å². The standard InChI is InChI=1S/C11H13N3OS/c1-11(2,3)8-4-9(15)14-10(13-8)7-5-16-6-12-7/h4-6H,1-3H3,(H,13,14,15). The van der Waals surface area contributed by atoms with Crippen LogP contribution in [0.2, 0.25) is 0 Å².